The van der Waals surface area contributed by atoms with Gasteiger partial charge in [-0.05, 0) is 72.7 Å². The lowest BCUT2D eigenvalue weighted by molar-refractivity contribution is 0.252. The Balaban J connectivity index is 1.66. The van der Waals surface area contributed by atoms with Gasteiger partial charge < -0.3 is 10.1 Å². The Morgan fingerprint density at radius 3 is 2.46 bits per heavy atom. The van der Waals surface area contributed by atoms with Gasteiger partial charge in [-0.25, -0.2) is 8.42 Å². The van der Waals surface area contributed by atoms with Crippen LogP contribution in [0.3, 0.4) is 0 Å². The Morgan fingerprint density at radius 2 is 1.74 bits per heavy atom. The Kier molecular flexibility index (Phi) is 6.08. The first kappa shape index (κ1) is 25.3. The highest BCUT2D eigenvalue weighted by molar-refractivity contribution is 7.91. The summed E-state index contributed by atoms with van der Waals surface area (Å²) < 4.78 is 29.6. The van der Waals surface area contributed by atoms with E-state index in [1.807, 2.05) is 31.2 Å². The number of hydrogen-bond donors (Lipinski definition) is 2. The van der Waals surface area contributed by atoms with Gasteiger partial charge in [0.1, 0.15) is 5.52 Å². The zero-order valence-corrected chi connectivity index (χ0v) is 22.8. The quantitative estimate of drug-likeness (QED) is 0.307. The van der Waals surface area contributed by atoms with E-state index >= 15 is 0 Å². The zero-order valence-electron chi connectivity index (χ0n) is 21.9. The number of rotatable bonds is 6. The van der Waals surface area contributed by atoms with Crippen LogP contribution in [0.1, 0.15) is 35.1 Å². The largest absolute Gasteiger partial charge is 0.396 e. The van der Waals surface area contributed by atoms with Crippen molar-refractivity contribution < 1.29 is 13.5 Å². The van der Waals surface area contributed by atoms with Gasteiger partial charge in [0.15, 0.2) is 5.03 Å². The number of aliphatic hydroxyl groups excluding tert-OH is 1. The van der Waals surface area contributed by atoms with Crippen molar-refractivity contribution in [3.63, 3.8) is 0 Å². The van der Waals surface area contributed by atoms with Crippen molar-refractivity contribution in [1.82, 2.24) is 9.55 Å². The van der Waals surface area contributed by atoms with Gasteiger partial charge in [-0.15, -0.1) is 0 Å². The lowest BCUT2D eigenvalue weighted by Crippen LogP contribution is -2.26. The van der Waals surface area contributed by atoms with Crippen molar-refractivity contribution in [2.75, 3.05) is 6.61 Å². The summed E-state index contributed by atoms with van der Waals surface area (Å²) >= 11 is 0. The molecule has 2 aromatic heterocycles. The monoisotopic (exact) mass is 538 g/mol. The molecule has 39 heavy (non-hydrogen) atoms. The predicted octanol–water partition coefficient (Wildman–Crippen LogP) is 5.29. The van der Waals surface area contributed by atoms with Crippen LogP contribution in [0.15, 0.2) is 99.8 Å². The highest BCUT2D eigenvalue weighted by Crippen LogP contribution is 2.48. The first-order valence-electron chi connectivity index (χ1n) is 13.1. The van der Waals surface area contributed by atoms with Crippen LogP contribution >= 0.6 is 0 Å². The molecular weight excluding hydrogens is 508 g/mol. The fourth-order valence-electron chi connectivity index (χ4n) is 6.25. The fourth-order valence-corrected chi connectivity index (χ4v) is 7.91. The second kappa shape index (κ2) is 9.36. The van der Waals surface area contributed by atoms with Gasteiger partial charge in [-0.1, -0.05) is 60.2 Å². The van der Waals surface area contributed by atoms with Gasteiger partial charge in [0.05, 0.1) is 4.90 Å². The van der Waals surface area contributed by atoms with Crippen LogP contribution in [-0.2, 0) is 28.7 Å². The van der Waals surface area contributed by atoms with Crippen molar-refractivity contribution in [3.05, 3.63) is 118 Å². The van der Waals surface area contributed by atoms with Crippen LogP contribution in [-0.4, -0.2) is 29.7 Å². The molecule has 1 aliphatic carbocycles. The third-order valence-corrected chi connectivity index (χ3v) is 10.1. The van der Waals surface area contributed by atoms with E-state index in [0.717, 1.165) is 35.1 Å². The van der Waals surface area contributed by atoms with Crippen molar-refractivity contribution in [3.8, 4) is 11.1 Å². The van der Waals surface area contributed by atoms with E-state index in [2.05, 4.69) is 29.2 Å². The van der Waals surface area contributed by atoms with Crippen LogP contribution < -0.4 is 5.56 Å². The first-order valence-corrected chi connectivity index (χ1v) is 14.6. The molecule has 0 saturated heterocycles. The summed E-state index contributed by atoms with van der Waals surface area (Å²) in [5.41, 5.74) is 5.17. The topological polar surface area (TPSA) is 92.2 Å². The summed E-state index contributed by atoms with van der Waals surface area (Å²) in [4.78, 5) is 16.5. The normalized spacial score (nSPS) is 17.0. The van der Waals surface area contributed by atoms with Gasteiger partial charge in [-0.2, -0.15) is 0 Å². The number of nitrogens with zero attached hydrogens (tertiary/aromatic N) is 1. The van der Waals surface area contributed by atoms with E-state index in [9.17, 15) is 18.3 Å². The number of pyridine rings is 1. The van der Waals surface area contributed by atoms with Crippen LogP contribution in [0.25, 0.3) is 22.0 Å². The Hall–Kier alpha value is -3.94. The molecule has 0 spiro atoms. The van der Waals surface area contributed by atoms with E-state index < -0.39 is 15.4 Å². The number of hydrogen-bond acceptors (Lipinski definition) is 4. The summed E-state index contributed by atoms with van der Waals surface area (Å²) in [6.07, 6.45) is 3.96. The van der Waals surface area contributed by atoms with Crippen LogP contribution in [0.2, 0.25) is 0 Å². The lowest BCUT2D eigenvalue weighted by Gasteiger charge is -2.31. The van der Waals surface area contributed by atoms with E-state index in [4.69, 9.17) is 0 Å². The average Bonchev–Trinajstić information content (AvgIpc) is 3.57. The number of benzene rings is 3. The Bertz CT molecular complexity index is 1870. The van der Waals surface area contributed by atoms with Crippen molar-refractivity contribution in [1.29, 1.82) is 0 Å². The number of aliphatic hydroxyl groups is 1. The summed E-state index contributed by atoms with van der Waals surface area (Å²) in [5, 5.41) is 10.7. The van der Waals surface area contributed by atoms with E-state index in [1.54, 1.807) is 36.5 Å². The molecule has 1 aliphatic rings. The molecule has 0 saturated carbocycles. The third kappa shape index (κ3) is 3.87. The maximum Gasteiger partial charge on any atom is 0.275 e. The van der Waals surface area contributed by atoms with Gasteiger partial charge in [0, 0.05) is 36.2 Å². The number of aromatic amines is 1. The number of sulfone groups is 1. The van der Waals surface area contributed by atoms with Crippen molar-refractivity contribution >= 4 is 20.7 Å². The Labute approximate surface area is 227 Å². The lowest BCUT2D eigenvalue weighted by atomic mass is 9.72. The van der Waals surface area contributed by atoms with Crippen molar-refractivity contribution in [2.45, 2.75) is 41.5 Å². The molecule has 1 unspecified atom stereocenters. The Morgan fingerprint density at radius 1 is 1.00 bits per heavy atom. The molecule has 0 fully saturated rings. The molecule has 0 amide bonds. The van der Waals surface area contributed by atoms with Crippen molar-refractivity contribution in [2.24, 2.45) is 7.05 Å². The second-order valence-corrected chi connectivity index (χ2v) is 12.3. The smallest absolute Gasteiger partial charge is 0.275 e. The average molecular weight is 539 g/mol. The number of aromatic nitrogens is 2. The third-order valence-electron chi connectivity index (χ3n) is 8.24. The van der Waals surface area contributed by atoms with Crippen LogP contribution in [0, 0.1) is 6.92 Å². The van der Waals surface area contributed by atoms with Crippen LogP contribution in [0.4, 0.5) is 0 Å². The second-order valence-electron chi connectivity index (χ2n) is 10.4. The van der Waals surface area contributed by atoms with E-state index in [1.165, 1.54) is 17.2 Å². The minimum absolute atomic E-state index is 0.0335. The minimum atomic E-state index is -4.05. The minimum Gasteiger partial charge on any atom is -0.396 e. The number of H-pyrrole nitrogens is 1. The van der Waals surface area contributed by atoms with Gasteiger partial charge >= 0.3 is 0 Å². The summed E-state index contributed by atoms with van der Waals surface area (Å²) in [5.74, 6) is 0. The molecule has 6 nitrogen and oxygen atoms in total. The van der Waals surface area contributed by atoms with Gasteiger partial charge in [0.2, 0.25) is 9.84 Å². The summed E-state index contributed by atoms with van der Waals surface area (Å²) in [7, 11) is -2.54. The molecule has 6 rings (SSSR count). The highest BCUT2D eigenvalue weighted by Gasteiger charge is 2.40. The van der Waals surface area contributed by atoms with Crippen LogP contribution in [0.5, 0.6) is 0 Å². The predicted molar refractivity (Wildman–Crippen MR) is 153 cm³/mol. The molecular formula is C32H30N2O4S. The molecule has 3 aromatic carbocycles. The van der Waals surface area contributed by atoms with Gasteiger partial charge in [-0.3, -0.25) is 9.36 Å². The number of fused-ring (bicyclic) bond motifs is 2. The molecule has 0 radical (unpaired) electrons. The van der Waals surface area contributed by atoms with E-state index in [-0.39, 0.29) is 21.9 Å². The molecule has 0 bridgehead atoms. The summed E-state index contributed by atoms with van der Waals surface area (Å²) in [6, 6.07) is 24.8. The molecule has 1 atom stereocenters. The molecule has 2 N–H and O–H groups in total. The molecule has 7 heteroatoms. The van der Waals surface area contributed by atoms with E-state index in [0.29, 0.717) is 22.9 Å². The maximum atomic E-state index is 14.2. The first-order chi connectivity index (χ1) is 18.8. The zero-order chi connectivity index (χ0) is 27.4. The molecule has 2 heterocycles. The number of nitrogens with one attached hydrogen (secondary N) is 1. The summed E-state index contributed by atoms with van der Waals surface area (Å²) in [6.45, 7) is 1.94. The fraction of sp³-hybridized carbons (Fsp3) is 0.219. The number of aryl methyl sites for hydroxylation is 2. The van der Waals surface area contributed by atoms with Gasteiger partial charge in [0.25, 0.3) is 5.56 Å². The molecule has 198 valence electrons. The molecule has 0 aliphatic heterocycles. The standard InChI is InChI=1S/C32H30N2O4S/c1-21-8-12-25(13-9-21)39(37,38)31-28(26-15-18-33-29(26)30(36)34(31)2)23-11-10-22-14-16-32(17-19-35,27(22)20-23)24-6-4-3-5-7-24/h3-13,15,18,20,33,35H,14,16-17,19H2,1-2H3. The maximum absolute atomic E-state index is 14.2. The highest BCUT2D eigenvalue weighted by atomic mass is 32.2. The molecule has 5 aromatic rings. The SMILES string of the molecule is Cc1ccc(S(=O)(=O)c2c(-c3ccc4c(c3)C(CCO)(c3ccccc3)CC4)c3cc[nH]c3c(=O)n2C)cc1.